The first-order valence-corrected chi connectivity index (χ1v) is 9.66. The molecule has 0 amide bonds. The quantitative estimate of drug-likeness (QED) is 0.534. The molecule has 0 saturated heterocycles. The minimum atomic E-state index is -3.63. The highest BCUT2D eigenvalue weighted by molar-refractivity contribution is 7.91. The lowest BCUT2D eigenvalue weighted by atomic mass is 9.64. The zero-order chi connectivity index (χ0) is 17.3. The van der Waals surface area contributed by atoms with Crippen LogP contribution in [0.5, 0.6) is 0 Å². The Kier molecular flexibility index (Phi) is 5.34. The van der Waals surface area contributed by atoms with E-state index in [-0.39, 0.29) is 21.8 Å². The lowest BCUT2D eigenvalue weighted by Crippen LogP contribution is -2.63. The molecule has 2 atom stereocenters. The number of hydrogen-bond acceptors (Lipinski definition) is 5. The van der Waals surface area contributed by atoms with E-state index in [1.54, 1.807) is 20.2 Å². The summed E-state index contributed by atoms with van der Waals surface area (Å²) in [6.45, 7) is 4.81. The number of primary sulfonamides is 1. The Morgan fingerprint density at radius 2 is 2.22 bits per heavy atom. The number of aliphatic imine (C=N–C) groups is 1. The third kappa shape index (κ3) is 4.03. The van der Waals surface area contributed by atoms with Gasteiger partial charge in [0.05, 0.1) is 12.6 Å². The zero-order valence-electron chi connectivity index (χ0n) is 13.8. The first kappa shape index (κ1) is 18.2. The molecule has 1 aliphatic rings. The lowest BCUT2D eigenvalue weighted by molar-refractivity contribution is -0.0922. The second-order valence-electron chi connectivity index (χ2n) is 6.17. The summed E-state index contributed by atoms with van der Waals surface area (Å²) in [5, 5.41) is 11.7. The lowest BCUT2D eigenvalue weighted by Gasteiger charge is -2.51. The van der Waals surface area contributed by atoms with Gasteiger partial charge in [0.1, 0.15) is 4.21 Å². The molecule has 0 aromatic carbocycles. The molecule has 0 aliphatic heterocycles. The molecular weight excluding hydrogens is 336 g/mol. The second kappa shape index (κ2) is 6.76. The van der Waals surface area contributed by atoms with Crippen molar-refractivity contribution in [2.45, 2.75) is 43.2 Å². The molecule has 1 aromatic rings. The number of sulfonamides is 1. The van der Waals surface area contributed by atoms with Crippen molar-refractivity contribution >= 4 is 27.3 Å². The Hall–Kier alpha value is -1.16. The molecule has 0 bridgehead atoms. The Bertz CT molecular complexity index is 682. The fourth-order valence-corrected chi connectivity index (χ4v) is 4.39. The van der Waals surface area contributed by atoms with Crippen LogP contribution in [0.25, 0.3) is 0 Å². The largest absolute Gasteiger partial charge is 0.381 e. The average Bonchev–Trinajstić information content (AvgIpc) is 2.95. The highest BCUT2D eigenvalue weighted by Crippen LogP contribution is 2.42. The number of nitrogens with two attached hydrogens (primary N) is 1. The van der Waals surface area contributed by atoms with E-state index in [0.717, 1.165) is 22.6 Å². The molecule has 7 nitrogen and oxygen atoms in total. The first-order valence-electron chi connectivity index (χ1n) is 7.30. The van der Waals surface area contributed by atoms with Gasteiger partial charge in [-0.25, -0.2) is 13.6 Å². The van der Waals surface area contributed by atoms with Crippen molar-refractivity contribution < 1.29 is 13.2 Å². The molecule has 0 spiro atoms. The fourth-order valence-electron chi connectivity index (χ4n) is 2.67. The van der Waals surface area contributed by atoms with Crippen molar-refractivity contribution in [2.24, 2.45) is 15.5 Å². The Labute approximate surface area is 141 Å². The van der Waals surface area contributed by atoms with Gasteiger partial charge in [-0.1, -0.05) is 13.8 Å². The van der Waals surface area contributed by atoms with Gasteiger partial charge in [0.15, 0.2) is 5.96 Å². The van der Waals surface area contributed by atoms with Gasteiger partial charge in [-0.3, -0.25) is 4.99 Å². The number of rotatable bonds is 5. The van der Waals surface area contributed by atoms with Crippen LogP contribution >= 0.6 is 11.3 Å². The van der Waals surface area contributed by atoms with Crippen LogP contribution in [0.1, 0.15) is 25.1 Å². The highest BCUT2D eigenvalue weighted by atomic mass is 32.2. The van der Waals surface area contributed by atoms with E-state index in [1.807, 2.05) is 0 Å². The molecule has 1 fully saturated rings. The van der Waals surface area contributed by atoms with E-state index in [1.165, 1.54) is 6.07 Å². The maximum absolute atomic E-state index is 11.3. The summed E-state index contributed by atoms with van der Waals surface area (Å²) < 4.78 is 28.2. The summed E-state index contributed by atoms with van der Waals surface area (Å²) in [7, 11) is -0.194. The van der Waals surface area contributed by atoms with Crippen molar-refractivity contribution in [3.05, 3.63) is 17.0 Å². The highest BCUT2D eigenvalue weighted by Gasteiger charge is 2.48. The van der Waals surface area contributed by atoms with E-state index in [9.17, 15) is 8.42 Å². The molecule has 2 rings (SSSR count). The van der Waals surface area contributed by atoms with Crippen LogP contribution in [0.4, 0.5) is 0 Å². The molecule has 4 N–H and O–H groups in total. The van der Waals surface area contributed by atoms with Crippen LogP contribution in [-0.2, 0) is 21.3 Å². The molecule has 2 unspecified atom stereocenters. The third-order valence-corrected chi connectivity index (χ3v) is 6.87. The van der Waals surface area contributed by atoms with Gasteiger partial charge in [0, 0.05) is 30.5 Å². The second-order valence-corrected chi connectivity index (χ2v) is 9.13. The maximum atomic E-state index is 11.3. The molecule has 0 radical (unpaired) electrons. The standard InChI is InChI=1S/C14H24N4O3S2/c1-14(2)10(7-11(14)21-4)18-13(16-3)17-8-9-5-6-12(22-9)23(15,19)20/h5-6,10-11H,7-8H2,1-4H3,(H2,15,19,20)(H2,16,17,18). The van der Waals surface area contributed by atoms with E-state index >= 15 is 0 Å². The van der Waals surface area contributed by atoms with Gasteiger partial charge in [-0.15, -0.1) is 11.3 Å². The number of hydrogen-bond donors (Lipinski definition) is 3. The monoisotopic (exact) mass is 360 g/mol. The van der Waals surface area contributed by atoms with Gasteiger partial charge in [-0.2, -0.15) is 0 Å². The smallest absolute Gasteiger partial charge is 0.247 e. The van der Waals surface area contributed by atoms with E-state index in [0.29, 0.717) is 12.5 Å². The molecule has 9 heteroatoms. The van der Waals surface area contributed by atoms with Gasteiger partial charge < -0.3 is 15.4 Å². The molecule has 23 heavy (non-hydrogen) atoms. The summed E-state index contributed by atoms with van der Waals surface area (Å²) in [5.41, 5.74) is 0.0378. The normalized spacial score (nSPS) is 24.1. The van der Waals surface area contributed by atoms with Crippen molar-refractivity contribution in [2.75, 3.05) is 14.2 Å². The minimum Gasteiger partial charge on any atom is -0.381 e. The van der Waals surface area contributed by atoms with Crippen LogP contribution in [0.3, 0.4) is 0 Å². The average molecular weight is 361 g/mol. The molecular formula is C14H24N4O3S2. The van der Waals surface area contributed by atoms with Gasteiger partial charge >= 0.3 is 0 Å². The Balaban J connectivity index is 1.91. The van der Waals surface area contributed by atoms with Gasteiger partial charge in [-0.05, 0) is 18.6 Å². The Morgan fingerprint density at radius 1 is 1.52 bits per heavy atom. The topological polar surface area (TPSA) is 106 Å². The van der Waals surface area contributed by atoms with Crippen molar-refractivity contribution in [3.8, 4) is 0 Å². The number of ether oxygens (including phenoxy) is 1. The predicted octanol–water partition coefficient (Wildman–Crippen LogP) is 0.874. The number of nitrogens with zero attached hydrogens (tertiary/aromatic N) is 1. The zero-order valence-corrected chi connectivity index (χ0v) is 15.4. The van der Waals surface area contributed by atoms with Crippen LogP contribution in [-0.4, -0.2) is 40.7 Å². The van der Waals surface area contributed by atoms with Crippen LogP contribution in [0.2, 0.25) is 0 Å². The summed E-state index contributed by atoms with van der Waals surface area (Å²) in [6.07, 6.45) is 1.17. The summed E-state index contributed by atoms with van der Waals surface area (Å²) in [6, 6.07) is 3.55. The summed E-state index contributed by atoms with van der Waals surface area (Å²) >= 11 is 1.16. The van der Waals surface area contributed by atoms with Gasteiger partial charge in [0.25, 0.3) is 0 Å². The summed E-state index contributed by atoms with van der Waals surface area (Å²) in [4.78, 5) is 5.09. The van der Waals surface area contributed by atoms with Crippen LogP contribution < -0.4 is 15.8 Å². The maximum Gasteiger partial charge on any atom is 0.247 e. The SMILES string of the molecule is CN=C(NCc1ccc(S(N)(=O)=O)s1)NC1CC(OC)C1(C)C. The van der Waals surface area contributed by atoms with Crippen molar-refractivity contribution in [3.63, 3.8) is 0 Å². The van der Waals surface area contributed by atoms with Crippen molar-refractivity contribution in [1.82, 2.24) is 10.6 Å². The Morgan fingerprint density at radius 3 is 2.70 bits per heavy atom. The number of thiophene rings is 1. The van der Waals surface area contributed by atoms with E-state index < -0.39 is 10.0 Å². The molecule has 1 aromatic heterocycles. The van der Waals surface area contributed by atoms with Crippen molar-refractivity contribution in [1.29, 1.82) is 0 Å². The minimum absolute atomic E-state index is 0.0378. The van der Waals surface area contributed by atoms with Crippen LogP contribution in [0.15, 0.2) is 21.3 Å². The molecule has 130 valence electrons. The molecule has 1 heterocycles. The van der Waals surface area contributed by atoms with E-state index in [4.69, 9.17) is 9.88 Å². The van der Waals surface area contributed by atoms with Crippen LogP contribution in [0, 0.1) is 5.41 Å². The third-order valence-electron chi connectivity index (χ3n) is 4.34. The molecule has 1 saturated carbocycles. The number of methoxy groups -OCH3 is 1. The predicted molar refractivity (Wildman–Crippen MR) is 92.0 cm³/mol. The summed E-state index contributed by atoms with van der Waals surface area (Å²) in [5.74, 6) is 0.684. The first-order chi connectivity index (χ1) is 10.7. The fraction of sp³-hybridized carbons (Fsp3) is 0.643. The number of nitrogens with one attached hydrogen (secondary N) is 2. The van der Waals surface area contributed by atoms with E-state index in [2.05, 4.69) is 29.5 Å². The molecule has 1 aliphatic carbocycles. The van der Waals surface area contributed by atoms with Gasteiger partial charge in [0.2, 0.25) is 10.0 Å². The number of guanidine groups is 1.